The molecule has 1 aliphatic rings. The number of fused-ring (bicyclic) bond motifs is 1. The number of hydrogen-bond donors (Lipinski definition) is 3. The summed E-state index contributed by atoms with van der Waals surface area (Å²) in [5, 5.41) is 20.7. The van der Waals surface area contributed by atoms with Gasteiger partial charge in [0.2, 0.25) is 0 Å². The van der Waals surface area contributed by atoms with E-state index in [2.05, 4.69) is 5.32 Å². The quantitative estimate of drug-likeness (QED) is 0.742. The Morgan fingerprint density at radius 3 is 2.21 bits per heavy atom. The number of benzene rings is 2. The van der Waals surface area contributed by atoms with Gasteiger partial charge in [0, 0.05) is 0 Å². The Kier molecular flexibility index (Phi) is 3.41. The van der Waals surface area contributed by atoms with E-state index in [0.717, 1.165) is 6.07 Å². The van der Waals surface area contributed by atoms with Crippen molar-refractivity contribution < 1.29 is 29.4 Å². The second kappa shape index (κ2) is 5.31. The van der Waals surface area contributed by atoms with Gasteiger partial charge in [0.15, 0.2) is 0 Å². The summed E-state index contributed by atoms with van der Waals surface area (Å²) in [6.45, 7) is 1.59. The van der Waals surface area contributed by atoms with Crippen molar-refractivity contribution in [2.75, 3.05) is 0 Å². The van der Waals surface area contributed by atoms with E-state index in [1.165, 1.54) is 24.3 Å². The van der Waals surface area contributed by atoms with Gasteiger partial charge in [0.05, 0.1) is 22.3 Å². The smallest absolute Gasteiger partial charge is 0.336 e. The van der Waals surface area contributed by atoms with E-state index in [9.17, 15) is 24.3 Å². The molecule has 120 valence electrons. The largest absolute Gasteiger partial charge is 0.478 e. The number of amides is 2. The van der Waals surface area contributed by atoms with Crippen molar-refractivity contribution in [3.63, 3.8) is 0 Å². The molecular formula is C17H11NO6. The van der Waals surface area contributed by atoms with Gasteiger partial charge in [0.25, 0.3) is 11.8 Å². The highest BCUT2D eigenvalue weighted by Crippen LogP contribution is 2.31. The van der Waals surface area contributed by atoms with Gasteiger partial charge in [0.1, 0.15) is 0 Å². The highest BCUT2D eigenvalue weighted by molar-refractivity contribution is 6.22. The standard InChI is InChI=1S/C17H11NO6/c1-7-4-9(16(21)22)6-12(17(23)24)13(7)8-2-3-10-11(5-8)15(20)18-14(10)19/h2-6H,1H3,(H,21,22)(H,23,24)(H,18,19,20). The van der Waals surface area contributed by atoms with Crippen molar-refractivity contribution in [2.24, 2.45) is 0 Å². The SMILES string of the molecule is Cc1cc(C(=O)O)cc(C(=O)O)c1-c1ccc2c(c1)C(=O)NC2=O. The number of hydrogen-bond acceptors (Lipinski definition) is 4. The first-order valence-corrected chi connectivity index (χ1v) is 6.91. The van der Waals surface area contributed by atoms with E-state index in [1.54, 1.807) is 6.92 Å². The van der Waals surface area contributed by atoms with Crippen molar-refractivity contribution in [2.45, 2.75) is 6.92 Å². The second-order valence-corrected chi connectivity index (χ2v) is 5.37. The molecule has 0 radical (unpaired) electrons. The first-order valence-electron chi connectivity index (χ1n) is 6.91. The lowest BCUT2D eigenvalue weighted by molar-refractivity contribution is 0.0696. The van der Waals surface area contributed by atoms with Crippen molar-refractivity contribution in [3.05, 3.63) is 58.1 Å². The summed E-state index contributed by atoms with van der Waals surface area (Å²) in [4.78, 5) is 46.0. The number of carboxylic acid groups (broad SMARTS) is 2. The van der Waals surface area contributed by atoms with Gasteiger partial charge >= 0.3 is 11.9 Å². The molecule has 3 N–H and O–H groups in total. The summed E-state index contributed by atoms with van der Waals surface area (Å²) in [6, 6.07) is 6.85. The molecule has 1 heterocycles. The maximum atomic E-state index is 11.8. The molecule has 0 saturated heterocycles. The molecule has 0 aromatic heterocycles. The zero-order chi connectivity index (χ0) is 17.6. The lowest BCUT2D eigenvalue weighted by Crippen LogP contribution is -2.19. The molecular weight excluding hydrogens is 314 g/mol. The van der Waals surface area contributed by atoms with Crippen LogP contribution < -0.4 is 5.32 Å². The molecule has 2 amide bonds. The predicted molar refractivity (Wildman–Crippen MR) is 82.3 cm³/mol. The molecule has 7 heteroatoms. The maximum absolute atomic E-state index is 11.8. The fraction of sp³-hybridized carbons (Fsp3) is 0.0588. The molecule has 0 saturated carbocycles. The minimum atomic E-state index is -1.28. The highest BCUT2D eigenvalue weighted by atomic mass is 16.4. The summed E-state index contributed by atoms with van der Waals surface area (Å²) in [5.74, 6) is -3.56. The number of nitrogens with one attached hydrogen (secondary N) is 1. The zero-order valence-electron chi connectivity index (χ0n) is 12.4. The molecule has 3 rings (SSSR count). The van der Waals surface area contributed by atoms with Gasteiger partial charge in [-0.2, -0.15) is 0 Å². The third-order valence-electron chi connectivity index (χ3n) is 3.84. The van der Waals surface area contributed by atoms with Crippen molar-refractivity contribution >= 4 is 23.8 Å². The van der Waals surface area contributed by atoms with Crippen LogP contribution in [0.1, 0.15) is 47.0 Å². The molecule has 0 atom stereocenters. The van der Waals surface area contributed by atoms with E-state index >= 15 is 0 Å². The van der Waals surface area contributed by atoms with E-state index in [-0.39, 0.29) is 22.3 Å². The van der Waals surface area contributed by atoms with Gasteiger partial charge in [-0.1, -0.05) is 6.07 Å². The van der Waals surface area contributed by atoms with Crippen molar-refractivity contribution in [1.82, 2.24) is 5.32 Å². The van der Waals surface area contributed by atoms with Gasteiger partial charge in [-0.15, -0.1) is 0 Å². The van der Waals surface area contributed by atoms with E-state index in [4.69, 9.17) is 5.11 Å². The van der Waals surface area contributed by atoms with Crippen LogP contribution in [0.15, 0.2) is 30.3 Å². The van der Waals surface area contributed by atoms with Gasteiger partial charge in [-0.3, -0.25) is 14.9 Å². The Morgan fingerprint density at radius 2 is 1.58 bits per heavy atom. The number of carbonyl (C=O) groups is 4. The number of imide groups is 1. The second-order valence-electron chi connectivity index (χ2n) is 5.37. The van der Waals surface area contributed by atoms with E-state index in [1.807, 2.05) is 0 Å². The Morgan fingerprint density at radius 1 is 0.917 bits per heavy atom. The number of carboxylic acids is 2. The van der Waals surface area contributed by atoms with Crippen LogP contribution in [0.4, 0.5) is 0 Å². The molecule has 0 bridgehead atoms. The van der Waals surface area contributed by atoms with Gasteiger partial charge < -0.3 is 10.2 Å². The molecule has 0 fully saturated rings. The Hall–Kier alpha value is -3.48. The maximum Gasteiger partial charge on any atom is 0.336 e. The van der Waals surface area contributed by atoms with Gasteiger partial charge in [-0.05, 0) is 47.9 Å². The summed E-state index contributed by atoms with van der Waals surface area (Å²) in [6.07, 6.45) is 0. The van der Waals surface area contributed by atoms with Crippen LogP contribution in [0.5, 0.6) is 0 Å². The number of rotatable bonds is 3. The third kappa shape index (κ3) is 2.32. The summed E-state index contributed by atoms with van der Waals surface area (Å²) in [5.41, 5.74) is 1.24. The minimum absolute atomic E-state index is 0.136. The summed E-state index contributed by atoms with van der Waals surface area (Å²) in [7, 11) is 0. The average molecular weight is 325 g/mol. The van der Waals surface area contributed by atoms with E-state index in [0.29, 0.717) is 16.7 Å². The molecule has 0 spiro atoms. The number of aromatic carboxylic acids is 2. The number of carbonyl (C=O) groups excluding carboxylic acids is 2. The molecule has 7 nitrogen and oxygen atoms in total. The van der Waals surface area contributed by atoms with Crippen LogP contribution in [0, 0.1) is 6.92 Å². The molecule has 0 aliphatic carbocycles. The van der Waals surface area contributed by atoms with Crippen LogP contribution in [-0.2, 0) is 0 Å². The Labute approximate surface area is 135 Å². The summed E-state index contributed by atoms with van der Waals surface area (Å²) < 4.78 is 0. The molecule has 1 aliphatic heterocycles. The van der Waals surface area contributed by atoms with Crippen LogP contribution in [-0.4, -0.2) is 34.0 Å². The highest BCUT2D eigenvalue weighted by Gasteiger charge is 2.28. The van der Waals surface area contributed by atoms with Crippen molar-refractivity contribution in [1.29, 1.82) is 0 Å². The lowest BCUT2D eigenvalue weighted by Gasteiger charge is -2.12. The predicted octanol–water partition coefficient (Wildman–Crippen LogP) is 1.94. The molecule has 24 heavy (non-hydrogen) atoms. The fourth-order valence-electron chi connectivity index (χ4n) is 2.79. The first kappa shape index (κ1) is 15.4. The Bertz CT molecular complexity index is 944. The molecule has 2 aromatic rings. The monoisotopic (exact) mass is 325 g/mol. The Balaban J connectivity index is 2.25. The van der Waals surface area contributed by atoms with Crippen LogP contribution >= 0.6 is 0 Å². The van der Waals surface area contributed by atoms with Crippen molar-refractivity contribution in [3.8, 4) is 11.1 Å². The lowest BCUT2D eigenvalue weighted by atomic mass is 9.91. The fourth-order valence-corrected chi connectivity index (χ4v) is 2.79. The average Bonchev–Trinajstić information content (AvgIpc) is 2.80. The topological polar surface area (TPSA) is 121 Å². The minimum Gasteiger partial charge on any atom is -0.478 e. The van der Waals surface area contributed by atoms with Crippen LogP contribution in [0.3, 0.4) is 0 Å². The van der Waals surface area contributed by atoms with Crippen LogP contribution in [0.2, 0.25) is 0 Å². The number of aryl methyl sites for hydroxylation is 1. The van der Waals surface area contributed by atoms with Crippen LogP contribution in [0.25, 0.3) is 11.1 Å². The third-order valence-corrected chi connectivity index (χ3v) is 3.84. The molecule has 2 aromatic carbocycles. The zero-order valence-corrected chi connectivity index (χ0v) is 12.4. The first-order chi connectivity index (χ1) is 11.3. The normalized spacial score (nSPS) is 12.7. The molecule has 0 unspecified atom stereocenters. The summed E-state index contributed by atoms with van der Waals surface area (Å²) >= 11 is 0. The van der Waals surface area contributed by atoms with Gasteiger partial charge in [-0.25, -0.2) is 9.59 Å². The van der Waals surface area contributed by atoms with E-state index < -0.39 is 23.8 Å².